The van der Waals surface area contributed by atoms with Gasteiger partial charge in [0.25, 0.3) is 0 Å². The van der Waals surface area contributed by atoms with Crippen molar-refractivity contribution in [1.82, 2.24) is 0 Å². The van der Waals surface area contributed by atoms with E-state index in [-0.39, 0.29) is 0 Å². The number of hydrogen-bond acceptors (Lipinski definition) is 1. The van der Waals surface area contributed by atoms with Crippen molar-refractivity contribution in [2.24, 2.45) is 0 Å². The summed E-state index contributed by atoms with van der Waals surface area (Å²) >= 11 is 0. The lowest BCUT2D eigenvalue weighted by Gasteiger charge is -2.02. The fourth-order valence-corrected chi connectivity index (χ4v) is 1.05. The molecule has 1 heteroatoms. The molecule has 0 aromatic carbocycles. The Morgan fingerprint density at radius 1 is 1.08 bits per heavy atom. The van der Waals surface area contributed by atoms with Gasteiger partial charge in [0, 0.05) is 13.2 Å². The van der Waals surface area contributed by atoms with E-state index in [1.165, 1.54) is 32.1 Å². The van der Waals surface area contributed by atoms with Crippen LogP contribution in [0.2, 0.25) is 0 Å². The first kappa shape index (κ1) is 11.7. The normalized spacial score (nSPS) is 10.1. The van der Waals surface area contributed by atoms with Crippen molar-refractivity contribution in [3.05, 3.63) is 12.7 Å². The molecule has 0 aromatic heterocycles. The van der Waals surface area contributed by atoms with E-state index in [0.717, 1.165) is 19.6 Å². The van der Waals surface area contributed by atoms with Crippen molar-refractivity contribution < 1.29 is 4.74 Å². The van der Waals surface area contributed by atoms with Gasteiger partial charge in [-0.15, -0.1) is 6.58 Å². The van der Waals surface area contributed by atoms with E-state index >= 15 is 0 Å². The monoisotopic (exact) mass is 170 g/mol. The molecule has 0 bridgehead atoms. The molecule has 0 amide bonds. The predicted molar refractivity (Wildman–Crippen MR) is 54.4 cm³/mol. The number of unbranched alkanes of at least 4 members (excludes halogenated alkanes) is 4. The first-order valence-electron chi connectivity index (χ1n) is 5.10. The third kappa shape index (κ3) is 9.70. The summed E-state index contributed by atoms with van der Waals surface area (Å²) in [6.45, 7) is 7.77. The fourth-order valence-electron chi connectivity index (χ4n) is 1.05. The van der Waals surface area contributed by atoms with Gasteiger partial charge in [0.2, 0.25) is 0 Å². The molecular weight excluding hydrogens is 148 g/mol. The van der Waals surface area contributed by atoms with Crippen molar-refractivity contribution in [2.45, 2.75) is 45.4 Å². The summed E-state index contributed by atoms with van der Waals surface area (Å²) in [5.41, 5.74) is 0. The third-order valence-electron chi connectivity index (χ3n) is 1.84. The van der Waals surface area contributed by atoms with Crippen molar-refractivity contribution in [3.8, 4) is 0 Å². The highest BCUT2D eigenvalue weighted by Gasteiger charge is 1.88. The quantitative estimate of drug-likeness (QED) is 0.380. The summed E-state index contributed by atoms with van der Waals surface area (Å²) in [5.74, 6) is 0. The van der Waals surface area contributed by atoms with E-state index in [9.17, 15) is 0 Å². The van der Waals surface area contributed by atoms with Crippen LogP contribution < -0.4 is 0 Å². The molecule has 0 aliphatic carbocycles. The van der Waals surface area contributed by atoms with Crippen LogP contribution in [-0.4, -0.2) is 13.2 Å². The average Bonchev–Trinajstić information content (AvgIpc) is 2.10. The molecule has 0 unspecified atom stereocenters. The van der Waals surface area contributed by atoms with E-state index in [0.29, 0.717) is 0 Å². The van der Waals surface area contributed by atoms with E-state index < -0.39 is 0 Å². The van der Waals surface area contributed by atoms with Gasteiger partial charge in [-0.25, -0.2) is 0 Å². The zero-order valence-corrected chi connectivity index (χ0v) is 8.35. The molecule has 0 aliphatic rings. The molecule has 0 aromatic rings. The topological polar surface area (TPSA) is 9.23 Å². The van der Waals surface area contributed by atoms with Crippen molar-refractivity contribution in [1.29, 1.82) is 0 Å². The first-order valence-corrected chi connectivity index (χ1v) is 5.10. The Bertz CT molecular complexity index is 89.0. The summed E-state index contributed by atoms with van der Waals surface area (Å²) in [4.78, 5) is 0. The first-order chi connectivity index (χ1) is 5.91. The Hall–Kier alpha value is -0.300. The summed E-state index contributed by atoms with van der Waals surface area (Å²) in [6, 6.07) is 0. The number of rotatable bonds is 9. The molecular formula is C11H22O. The SMILES string of the molecule is C=CCCCCOCCCCC. The lowest BCUT2D eigenvalue weighted by atomic mass is 10.2. The smallest absolute Gasteiger partial charge is 0.0466 e. The van der Waals surface area contributed by atoms with Gasteiger partial charge >= 0.3 is 0 Å². The van der Waals surface area contributed by atoms with E-state index in [1.54, 1.807) is 0 Å². The highest BCUT2D eigenvalue weighted by atomic mass is 16.5. The molecule has 0 saturated carbocycles. The lowest BCUT2D eigenvalue weighted by Crippen LogP contribution is -1.96. The van der Waals surface area contributed by atoms with Crippen LogP contribution in [0, 0.1) is 0 Å². The molecule has 1 nitrogen and oxygen atoms in total. The third-order valence-corrected chi connectivity index (χ3v) is 1.84. The summed E-state index contributed by atoms with van der Waals surface area (Å²) in [6.07, 6.45) is 9.29. The molecule has 0 spiro atoms. The standard InChI is InChI=1S/C11H22O/c1-3-5-7-9-11-12-10-8-6-4-2/h3H,1,4-11H2,2H3. The van der Waals surface area contributed by atoms with E-state index in [2.05, 4.69) is 13.5 Å². The maximum absolute atomic E-state index is 5.45. The van der Waals surface area contributed by atoms with Crippen LogP contribution in [0.15, 0.2) is 12.7 Å². The molecule has 0 aliphatic heterocycles. The van der Waals surface area contributed by atoms with Crippen LogP contribution in [0.3, 0.4) is 0 Å². The maximum atomic E-state index is 5.45. The lowest BCUT2D eigenvalue weighted by molar-refractivity contribution is 0.127. The van der Waals surface area contributed by atoms with Crippen molar-refractivity contribution in [3.63, 3.8) is 0 Å². The second-order valence-electron chi connectivity index (χ2n) is 3.10. The summed E-state index contributed by atoms with van der Waals surface area (Å²) in [7, 11) is 0. The van der Waals surface area contributed by atoms with Gasteiger partial charge < -0.3 is 4.74 Å². The van der Waals surface area contributed by atoms with Gasteiger partial charge in [0.1, 0.15) is 0 Å². The zero-order chi connectivity index (χ0) is 9.07. The minimum absolute atomic E-state index is 0.928. The number of hydrogen-bond donors (Lipinski definition) is 0. The number of allylic oxidation sites excluding steroid dienone is 1. The molecule has 0 heterocycles. The fraction of sp³-hybridized carbons (Fsp3) is 0.818. The Kier molecular flexibility index (Phi) is 10.4. The van der Waals surface area contributed by atoms with Crippen LogP contribution in [0.1, 0.15) is 45.4 Å². The largest absolute Gasteiger partial charge is 0.381 e. The zero-order valence-electron chi connectivity index (χ0n) is 8.35. The van der Waals surface area contributed by atoms with Crippen LogP contribution in [0.5, 0.6) is 0 Å². The highest BCUT2D eigenvalue weighted by molar-refractivity contribution is 4.65. The molecule has 0 atom stereocenters. The predicted octanol–water partition coefficient (Wildman–Crippen LogP) is 3.55. The molecule has 0 fully saturated rings. The van der Waals surface area contributed by atoms with Gasteiger partial charge in [-0.2, -0.15) is 0 Å². The Morgan fingerprint density at radius 3 is 2.33 bits per heavy atom. The summed E-state index contributed by atoms with van der Waals surface area (Å²) in [5, 5.41) is 0. The van der Waals surface area contributed by atoms with Gasteiger partial charge in [0.05, 0.1) is 0 Å². The van der Waals surface area contributed by atoms with E-state index in [1.807, 2.05) is 6.08 Å². The van der Waals surface area contributed by atoms with Crippen LogP contribution in [0.4, 0.5) is 0 Å². The van der Waals surface area contributed by atoms with Gasteiger partial charge in [-0.3, -0.25) is 0 Å². The molecule has 0 N–H and O–H groups in total. The molecule has 0 saturated heterocycles. The second kappa shape index (κ2) is 10.7. The molecule has 0 radical (unpaired) electrons. The van der Waals surface area contributed by atoms with E-state index in [4.69, 9.17) is 4.74 Å². The molecule has 0 rings (SSSR count). The second-order valence-corrected chi connectivity index (χ2v) is 3.10. The van der Waals surface area contributed by atoms with Crippen molar-refractivity contribution in [2.75, 3.05) is 13.2 Å². The van der Waals surface area contributed by atoms with Crippen molar-refractivity contribution >= 4 is 0 Å². The van der Waals surface area contributed by atoms with Crippen LogP contribution >= 0.6 is 0 Å². The van der Waals surface area contributed by atoms with Gasteiger partial charge in [-0.05, 0) is 25.7 Å². The number of ether oxygens (including phenoxy) is 1. The Balaban J connectivity index is 2.77. The minimum atomic E-state index is 0.928. The Morgan fingerprint density at radius 2 is 1.75 bits per heavy atom. The van der Waals surface area contributed by atoms with Gasteiger partial charge in [-0.1, -0.05) is 25.8 Å². The Labute approximate surface area is 76.8 Å². The highest BCUT2D eigenvalue weighted by Crippen LogP contribution is 1.98. The van der Waals surface area contributed by atoms with Gasteiger partial charge in [0.15, 0.2) is 0 Å². The van der Waals surface area contributed by atoms with Crippen LogP contribution in [-0.2, 0) is 4.74 Å². The van der Waals surface area contributed by atoms with Crippen LogP contribution in [0.25, 0.3) is 0 Å². The maximum Gasteiger partial charge on any atom is 0.0466 e. The summed E-state index contributed by atoms with van der Waals surface area (Å²) < 4.78 is 5.45. The average molecular weight is 170 g/mol. The molecule has 72 valence electrons. The minimum Gasteiger partial charge on any atom is -0.381 e. The molecule has 12 heavy (non-hydrogen) atoms.